The largest absolute Gasteiger partial charge is 0.338 e. The molecule has 0 fully saturated rings. The fraction of sp³-hybridized carbons (Fsp3) is 0. The summed E-state index contributed by atoms with van der Waals surface area (Å²) < 4.78 is 13.4. The summed E-state index contributed by atoms with van der Waals surface area (Å²) in [4.78, 5) is 16.7. The van der Waals surface area contributed by atoms with Crippen LogP contribution in [0.3, 0.4) is 0 Å². The van der Waals surface area contributed by atoms with Crippen LogP contribution in [0.25, 0.3) is 55.8 Å². The molecular formula is C24H15FN6. The van der Waals surface area contributed by atoms with Crippen LogP contribution in [-0.4, -0.2) is 30.1 Å². The molecule has 0 atom stereocenters. The Kier molecular flexibility index (Phi) is 3.86. The van der Waals surface area contributed by atoms with Gasteiger partial charge in [-0.05, 0) is 59.7 Å². The summed E-state index contributed by atoms with van der Waals surface area (Å²) in [5.74, 6) is -0.261. The van der Waals surface area contributed by atoms with E-state index in [1.807, 2.05) is 36.4 Å². The summed E-state index contributed by atoms with van der Waals surface area (Å²) in [5, 5.41) is 8.49. The molecule has 6 aromatic rings. The third-order valence-corrected chi connectivity index (χ3v) is 5.33. The Morgan fingerprint density at radius 2 is 1.65 bits per heavy atom. The Labute approximate surface area is 175 Å². The van der Waals surface area contributed by atoms with Gasteiger partial charge < -0.3 is 4.98 Å². The number of benzene rings is 1. The van der Waals surface area contributed by atoms with Crippen LogP contribution in [-0.2, 0) is 0 Å². The van der Waals surface area contributed by atoms with Crippen LogP contribution >= 0.6 is 0 Å². The molecule has 2 N–H and O–H groups in total. The molecule has 0 bridgehead atoms. The summed E-state index contributed by atoms with van der Waals surface area (Å²) in [5.41, 5.74) is 7.60. The SMILES string of the molecule is Fc1ccc(-c2ccnc3[nH]c(-c4n[nH]c5ccc(-c6ccncc6)nc45)cc23)cc1. The highest BCUT2D eigenvalue weighted by atomic mass is 19.1. The highest BCUT2D eigenvalue weighted by Gasteiger charge is 2.16. The molecule has 0 saturated heterocycles. The molecule has 6 rings (SSSR count). The van der Waals surface area contributed by atoms with E-state index in [2.05, 4.69) is 25.1 Å². The maximum atomic E-state index is 13.4. The zero-order chi connectivity index (χ0) is 20.8. The molecule has 0 amide bonds. The Hall–Kier alpha value is -4.39. The predicted octanol–water partition coefficient (Wildman–Crippen LogP) is 5.37. The highest BCUT2D eigenvalue weighted by Crippen LogP contribution is 2.33. The quantitative estimate of drug-likeness (QED) is 0.414. The number of aromatic amines is 2. The van der Waals surface area contributed by atoms with Crippen molar-refractivity contribution in [1.82, 2.24) is 30.1 Å². The average Bonchev–Trinajstić information content (AvgIpc) is 3.43. The smallest absolute Gasteiger partial charge is 0.138 e. The molecular weight excluding hydrogens is 391 g/mol. The van der Waals surface area contributed by atoms with Crippen molar-refractivity contribution in [2.24, 2.45) is 0 Å². The van der Waals surface area contributed by atoms with Crippen LogP contribution in [0.5, 0.6) is 0 Å². The second-order valence-corrected chi connectivity index (χ2v) is 7.21. The van der Waals surface area contributed by atoms with Crippen molar-refractivity contribution in [2.75, 3.05) is 0 Å². The Balaban J connectivity index is 1.51. The van der Waals surface area contributed by atoms with Gasteiger partial charge in [0.15, 0.2) is 0 Å². The van der Waals surface area contributed by atoms with E-state index < -0.39 is 0 Å². The van der Waals surface area contributed by atoms with Crippen LogP contribution in [0.2, 0.25) is 0 Å². The third kappa shape index (κ3) is 2.95. The van der Waals surface area contributed by atoms with Crippen LogP contribution < -0.4 is 0 Å². The van der Waals surface area contributed by atoms with Gasteiger partial charge in [0.05, 0.1) is 16.9 Å². The molecule has 5 aromatic heterocycles. The van der Waals surface area contributed by atoms with Gasteiger partial charge in [0.1, 0.15) is 22.7 Å². The van der Waals surface area contributed by atoms with E-state index in [4.69, 9.17) is 4.98 Å². The Morgan fingerprint density at radius 1 is 0.806 bits per heavy atom. The second kappa shape index (κ2) is 6.84. The first kappa shape index (κ1) is 17.5. The van der Waals surface area contributed by atoms with Crippen molar-refractivity contribution in [3.05, 3.63) is 85.1 Å². The molecule has 0 aliphatic rings. The lowest BCUT2D eigenvalue weighted by atomic mass is 10.0. The van der Waals surface area contributed by atoms with E-state index in [9.17, 15) is 4.39 Å². The van der Waals surface area contributed by atoms with E-state index in [1.54, 1.807) is 30.7 Å². The van der Waals surface area contributed by atoms with E-state index >= 15 is 0 Å². The number of H-pyrrole nitrogens is 2. The average molecular weight is 406 g/mol. The molecule has 0 radical (unpaired) electrons. The molecule has 0 aliphatic heterocycles. The maximum Gasteiger partial charge on any atom is 0.138 e. The van der Waals surface area contributed by atoms with Crippen molar-refractivity contribution in [2.45, 2.75) is 0 Å². The highest BCUT2D eigenvalue weighted by molar-refractivity contribution is 5.99. The number of hydrogen-bond donors (Lipinski definition) is 2. The molecule has 6 nitrogen and oxygen atoms in total. The number of nitrogens with zero attached hydrogens (tertiary/aromatic N) is 4. The molecule has 0 aliphatic carbocycles. The normalized spacial score (nSPS) is 11.4. The van der Waals surface area contributed by atoms with Gasteiger partial charge in [-0.2, -0.15) is 5.10 Å². The van der Waals surface area contributed by atoms with Gasteiger partial charge in [0.25, 0.3) is 0 Å². The number of fused-ring (bicyclic) bond motifs is 2. The summed E-state index contributed by atoms with van der Waals surface area (Å²) in [6.07, 6.45) is 5.24. The van der Waals surface area contributed by atoms with Crippen LogP contribution in [0.4, 0.5) is 4.39 Å². The van der Waals surface area contributed by atoms with Crippen molar-refractivity contribution in [3.8, 4) is 33.8 Å². The zero-order valence-electron chi connectivity index (χ0n) is 16.2. The summed E-state index contributed by atoms with van der Waals surface area (Å²) in [6, 6.07) is 18.2. The molecule has 0 spiro atoms. The van der Waals surface area contributed by atoms with Gasteiger partial charge in [-0.3, -0.25) is 10.1 Å². The topological polar surface area (TPSA) is 83.1 Å². The second-order valence-electron chi connectivity index (χ2n) is 7.21. The first-order valence-electron chi connectivity index (χ1n) is 9.76. The summed E-state index contributed by atoms with van der Waals surface area (Å²) in [7, 11) is 0. The van der Waals surface area contributed by atoms with Gasteiger partial charge in [0, 0.05) is 29.5 Å². The van der Waals surface area contributed by atoms with E-state index in [0.717, 1.165) is 50.1 Å². The number of nitrogens with one attached hydrogen (secondary N) is 2. The first-order valence-corrected chi connectivity index (χ1v) is 9.76. The maximum absolute atomic E-state index is 13.4. The lowest BCUT2D eigenvalue weighted by Gasteiger charge is -2.02. The molecule has 0 unspecified atom stereocenters. The Bertz CT molecular complexity index is 1530. The van der Waals surface area contributed by atoms with Gasteiger partial charge in [-0.1, -0.05) is 12.1 Å². The van der Waals surface area contributed by atoms with Gasteiger partial charge in [-0.25, -0.2) is 14.4 Å². The van der Waals surface area contributed by atoms with Crippen LogP contribution in [0.1, 0.15) is 0 Å². The first-order chi connectivity index (χ1) is 15.3. The number of halogens is 1. The number of hydrogen-bond acceptors (Lipinski definition) is 4. The predicted molar refractivity (Wildman–Crippen MR) is 118 cm³/mol. The minimum Gasteiger partial charge on any atom is -0.338 e. The van der Waals surface area contributed by atoms with E-state index in [0.29, 0.717) is 5.69 Å². The Morgan fingerprint density at radius 3 is 2.48 bits per heavy atom. The van der Waals surface area contributed by atoms with Gasteiger partial charge in [0.2, 0.25) is 0 Å². The third-order valence-electron chi connectivity index (χ3n) is 5.33. The molecule has 5 heterocycles. The minimum absolute atomic E-state index is 0.261. The number of aromatic nitrogens is 6. The fourth-order valence-electron chi connectivity index (χ4n) is 3.81. The van der Waals surface area contributed by atoms with E-state index in [-0.39, 0.29) is 5.82 Å². The minimum atomic E-state index is -0.261. The molecule has 148 valence electrons. The standard InChI is InChI=1S/C24H15FN6/c25-16-3-1-14(2-4-16)17-9-12-27-24-18(17)13-21(29-24)23-22-20(30-31-23)6-5-19(28-22)15-7-10-26-11-8-15/h1-13H,(H,27,29)(H,30,31). The van der Waals surface area contributed by atoms with E-state index in [1.165, 1.54) is 12.1 Å². The summed E-state index contributed by atoms with van der Waals surface area (Å²) in [6.45, 7) is 0. The molecule has 0 saturated carbocycles. The fourth-order valence-corrected chi connectivity index (χ4v) is 3.81. The molecule has 31 heavy (non-hydrogen) atoms. The number of pyridine rings is 3. The van der Waals surface area contributed by atoms with Crippen LogP contribution in [0, 0.1) is 5.82 Å². The van der Waals surface area contributed by atoms with Crippen molar-refractivity contribution in [3.63, 3.8) is 0 Å². The summed E-state index contributed by atoms with van der Waals surface area (Å²) >= 11 is 0. The van der Waals surface area contributed by atoms with Crippen molar-refractivity contribution >= 4 is 22.1 Å². The van der Waals surface area contributed by atoms with Crippen LogP contribution in [0.15, 0.2) is 79.3 Å². The lowest BCUT2D eigenvalue weighted by molar-refractivity contribution is 0.628. The van der Waals surface area contributed by atoms with Gasteiger partial charge >= 0.3 is 0 Å². The lowest BCUT2D eigenvalue weighted by Crippen LogP contribution is -1.86. The van der Waals surface area contributed by atoms with Crippen molar-refractivity contribution in [1.29, 1.82) is 0 Å². The molecule has 1 aromatic carbocycles. The zero-order valence-corrected chi connectivity index (χ0v) is 16.2. The monoisotopic (exact) mass is 406 g/mol. The van der Waals surface area contributed by atoms with Gasteiger partial charge in [-0.15, -0.1) is 0 Å². The number of rotatable bonds is 3. The van der Waals surface area contributed by atoms with Crippen molar-refractivity contribution < 1.29 is 4.39 Å². The molecule has 7 heteroatoms.